The molecule has 1 saturated heterocycles. The van der Waals surface area contributed by atoms with Crippen LogP contribution >= 0.6 is 0 Å². The Morgan fingerprint density at radius 2 is 1.77 bits per heavy atom. The molecule has 1 atom stereocenters. The highest BCUT2D eigenvalue weighted by molar-refractivity contribution is 5.81. The lowest BCUT2D eigenvalue weighted by Gasteiger charge is -2.39. The van der Waals surface area contributed by atoms with E-state index in [9.17, 15) is 4.79 Å². The van der Waals surface area contributed by atoms with Crippen LogP contribution < -0.4 is 0 Å². The van der Waals surface area contributed by atoms with Gasteiger partial charge in [0.2, 0.25) is 5.91 Å². The standard InChI is InChI=1S/C18H27N3O/c1-3-19-10-12-20(13-11-19)18(22)15(2)21-9-8-16-6-4-5-7-17(16)14-21/h4-7,15H,3,8-14H2,1-2H3/t15-/m1/s1. The Bertz CT molecular complexity index is 523. The summed E-state index contributed by atoms with van der Waals surface area (Å²) in [6.07, 6.45) is 1.05. The Hall–Kier alpha value is -1.39. The summed E-state index contributed by atoms with van der Waals surface area (Å²) in [7, 11) is 0. The summed E-state index contributed by atoms with van der Waals surface area (Å²) in [6, 6.07) is 8.60. The second-order valence-corrected chi connectivity index (χ2v) is 6.42. The molecular formula is C18H27N3O. The van der Waals surface area contributed by atoms with Gasteiger partial charge in [0.25, 0.3) is 0 Å². The monoisotopic (exact) mass is 301 g/mol. The van der Waals surface area contributed by atoms with E-state index in [1.54, 1.807) is 0 Å². The highest BCUT2D eigenvalue weighted by Crippen LogP contribution is 2.21. The molecule has 120 valence electrons. The van der Waals surface area contributed by atoms with Crippen LogP contribution in [-0.2, 0) is 17.8 Å². The molecule has 22 heavy (non-hydrogen) atoms. The largest absolute Gasteiger partial charge is 0.339 e. The fraction of sp³-hybridized carbons (Fsp3) is 0.611. The fourth-order valence-corrected chi connectivity index (χ4v) is 3.55. The number of rotatable bonds is 3. The number of carbonyl (C=O) groups is 1. The average Bonchev–Trinajstić information content (AvgIpc) is 2.60. The minimum atomic E-state index is -0.0125. The molecule has 1 aromatic carbocycles. The molecule has 0 aromatic heterocycles. The van der Waals surface area contributed by atoms with E-state index in [0.717, 1.165) is 52.2 Å². The van der Waals surface area contributed by atoms with E-state index in [-0.39, 0.29) is 6.04 Å². The maximum absolute atomic E-state index is 12.8. The summed E-state index contributed by atoms with van der Waals surface area (Å²) in [5, 5.41) is 0. The van der Waals surface area contributed by atoms with Crippen molar-refractivity contribution in [3.8, 4) is 0 Å². The van der Waals surface area contributed by atoms with Gasteiger partial charge in [-0.2, -0.15) is 0 Å². The van der Waals surface area contributed by atoms with E-state index >= 15 is 0 Å². The van der Waals surface area contributed by atoms with Gasteiger partial charge in [0.15, 0.2) is 0 Å². The zero-order chi connectivity index (χ0) is 15.5. The third-order valence-electron chi connectivity index (χ3n) is 5.20. The molecule has 0 bridgehead atoms. The quantitative estimate of drug-likeness (QED) is 0.848. The summed E-state index contributed by atoms with van der Waals surface area (Å²) in [6.45, 7) is 11.0. The van der Waals surface area contributed by atoms with Crippen molar-refractivity contribution in [1.82, 2.24) is 14.7 Å². The first-order valence-electron chi connectivity index (χ1n) is 8.51. The zero-order valence-electron chi connectivity index (χ0n) is 13.8. The van der Waals surface area contributed by atoms with Crippen LogP contribution in [-0.4, -0.2) is 65.9 Å². The first kappa shape index (κ1) is 15.5. The summed E-state index contributed by atoms with van der Waals surface area (Å²) >= 11 is 0. The zero-order valence-corrected chi connectivity index (χ0v) is 13.8. The highest BCUT2D eigenvalue weighted by atomic mass is 16.2. The highest BCUT2D eigenvalue weighted by Gasteiger charge is 2.29. The van der Waals surface area contributed by atoms with Crippen molar-refractivity contribution in [2.75, 3.05) is 39.3 Å². The van der Waals surface area contributed by atoms with Crippen LogP contribution in [0, 0.1) is 0 Å². The summed E-state index contributed by atoms with van der Waals surface area (Å²) in [5.74, 6) is 0.301. The summed E-state index contributed by atoms with van der Waals surface area (Å²) in [5.41, 5.74) is 2.82. The fourth-order valence-electron chi connectivity index (χ4n) is 3.55. The molecule has 0 aliphatic carbocycles. The van der Waals surface area contributed by atoms with Crippen LogP contribution in [0.4, 0.5) is 0 Å². The summed E-state index contributed by atoms with van der Waals surface area (Å²) < 4.78 is 0. The second-order valence-electron chi connectivity index (χ2n) is 6.42. The SMILES string of the molecule is CCN1CCN(C(=O)[C@@H](C)N2CCc3ccccc3C2)CC1. The minimum absolute atomic E-state index is 0.0125. The number of fused-ring (bicyclic) bond motifs is 1. The summed E-state index contributed by atoms with van der Waals surface area (Å²) in [4.78, 5) is 19.6. The van der Waals surface area contributed by atoms with Gasteiger partial charge < -0.3 is 9.80 Å². The Kier molecular flexibility index (Phi) is 4.79. The van der Waals surface area contributed by atoms with Crippen molar-refractivity contribution >= 4 is 5.91 Å². The Morgan fingerprint density at radius 1 is 1.09 bits per heavy atom. The smallest absolute Gasteiger partial charge is 0.239 e. The van der Waals surface area contributed by atoms with Gasteiger partial charge in [0.1, 0.15) is 0 Å². The van der Waals surface area contributed by atoms with Crippen LogP contribution in [0.1, 0.15) is 25.0 Å². The van der Waals surface area contributed by atoms with Gasteiger partial charge in [0.05, 0.1) is 6.04 Å². The normalized spacial score (nSPS) is 21.5. The number of hydrogen-bond acceptors (Lipinski definition) is 3. The molecule has 2 aliphatic heterocycles. The van der Waals surface area contributed by atoms with E-state index < -0.39 is 0 Å². The molecule has 4 heteroatoms. The molecule has 0 unspecified atom stereocenters. The van der Waals surface area contributed by atoms with Crippen molar-refractivity contribution in [3.63, 3.8) is 0 Å². The number of likely N-dealkylation sites (N-methyl/N-ethyl adjacent to an activating group) is 1. The van der Waals surface area contributed by atoms with Crippen molar-refractivity contribution in [2.24, 2.45) is 0 Å². The third kappa shape index (κ3) is 3.18. The molecule has 1 fully saturated rings. The van der Waals surface area contributed by atoms with Gasteiger partial charge in [-0.1, -0.05) is 31.2 Å². The molecule has 2 aliphatic rings. The molecule has 4 nitrogen and oxygen atoms in total. The molecule has 0 saturated carbocycles. The van der Waals surface area contributed by atoms with Gasteiger partial charge >= 0.3 is 0 Å². The van der Waals surface area contributed by atoms with Crippen LogP contribution in [0.2, 0.25) is 0 Å². The van der Waals surface area contributed by atoms with Crippen LogP contribution in [0.5, 0.6) is 0 Å². The molecular weight excluding hydrogens is 274 g/mol. The lowest BCUT2D eigenvalue weighted by Crippen LogP contribution is -2.54. The second kappa shape index (κ2) is 6.80. The van der Waals surface area contributed by atoms with Crippen molar-refractivity contribution in [3.05, 3.63) is 35.4 Å². The van der Waals surface area contributed by atoms with E-state index in [1.807, 2.05) is 0 Å². The van der Waals surface area contributed by atoms with Crippen molar-refractivity contribution < 1.29 is 4.79 Å². The lowest BCUT2D eigenvalue weighted by molar-refractivity contribution is -0.138. The van der Waals surface area contributed by atoms with Gasteiger partial charge in [-0.05, 0) is 31.0 Å². The van der Waals surface area contributed by atoms with Gasteiger partial charge in [0, 0.05) is 39.3 Å². The Balaban J connectivity index is 1.60. The number of nitrogens with zero attached hydrogens (tertiary/aromatic N) is 3. The van der Waals surface area contributed by atoms with Crippen molar-refractivity contribution in [1.29, 1.82) is 0 Å². The van der Waals surface area contributed by atoms with Crippen LogP contribution in [0.15, 0.2) is 24.3 Å². The first-order chi connectivity index (χ1) is 10.7. The van der Waals surface area contributed by atoms with E-state index in [4.69, 9.17) is 0 Å². The third-order valence-corrected chi connectivity index (χ3v) is 5.20. The predicted octanol–water partition coefficient (Wildman–Crippen LogP) is 1.60. The Labute approximate surface area is 133 Å². The molecule has 1 amide bonds. The maximum Gasteiger partial charge on any atom is 0.239 e. The van der Waals surface area contributed by atoms with Gasteiger partial charge in [-0.15, -0.1) is 0 Å². The van der Waals surface area contributed by atoms with Crippen LogP contribution in [0.25, 0.3) is 0 Å². The average molecular weight is 301 g/mol. The number of hydrogen-bond donors (Lipinski definition) is 0. The molecule has 2 heterocycles. The van der Waals surface area contributed by atoms with Crippen molar-refractivity contribution in [2.45, 2.75) is 32.9 Å². The maximum atomic E-state index is 12.8. The van der Waals surface area contributed by atoms with Crippen LogP contribution in [0.3, 0.4) is 0 Å². The number of benzene rings is 1. The topological polar surface area (TPSA) is 26.8 Å². The molecule has 0 spiro atoms. The van der Waals surface area contributed by atoms with E-state index in [1.165, 1.54) is 11.1 Å². The van der Waals surface area contributed by atoms with E-state index in [2.05, 4.69) is 52.8 Å². The number of piperazine rings is 1. The predicted molar refractivity (Wildman–Crippen MR) is 88.7 cm³/mol. The number of amides is 1. The Morgan fingerprint density at radius 3 is 2.45 bits per heavy atom. The lowest BCUT2D eigenvalue weighted by atomic mass is 9.98. The molecule has 0 N–H and O–H groups in total. The first-order valence-corrected chi connectivity index (χ1v) is 8.51. The number of carbonyl (C=O) groups excluding carboxylic acids is 1. The van der Waals surface area contributed by atoms with Gasteiger partial charge in [-0.25, -0.2) is 0 Å². The molecule has 1 aromatic rings. The van der Waals surface area contributed by atoms with E-state index in [0.29, 0.717) is 5.91 Å². The van der Waals surface area contributed by atoms with Gasteiger partial charge in [-0.3, -0.25) is 9.69 Å². The molecule has 3 rings (SSSR count). The molecule has 0 radical (unpaired) electrons. The minimum Gasteiger partial charge on any atom is -0.339 e.